The fourth-order valence-electron chi connectivity index (χ4n) is 2.16. The third-order valence-corrected chi connectivity index (χ3v) is 5.19. The van der Waals surface area contributed by atoms with Crippen LogP contribution in [0.25, 0.3) is 0 Å². The molecule has 0 aromatic heterocycles. The van der Waals surface area contributed by atoms with Crippen LogP contribution in [0.5, 0.6) is 0 Å². The monoisotopic (exact) mass is 358 g/mol. The number of hydrogen-bond donors (Lipinski definition) is 2. The first-order valence-corrected chi connectivity index (χ1v) is 8.03. The highest BCUT2D eigenvalue weighted by Gasteiger charge is 2.35. The molecule has 0 saturated heterocycles. The third-order valence-electron chi connectivity index (χ3n) is 3.56. The first-order chi connectivity index (χ1) is 9.65. The van der Waals surface area contributed by atoms with E-state index >= 15 is 0 Å². The average molecular weight is 359 g/mol. The van der Waals surface area contributed by atoms with Gasteiger partial charge >= 0.3 is 6.18 Å². The van der Waals surface area contributed by atoms with E-state index in [1.165, 1.54) is 6.92 Å². The van der Waals surface area contributed by atoms with E-state index in [0.717, 1.165) is 25.0 Å². The van der Waals surface area contributed by atoms with E-state index in [2.05, 4.69) is 4.72 Å². The van der Waals surface area contributed by atoms with Gasteiger partial charge in [-0.3, -0.25) is 0 Å². The van der Waals surface area contributed by atoms with Crippen molar-refractivity contribution in [2.24, 2.45) is 11.7 Å². The molecule has 1 aromatic rings. The maximum absolute atomic E-state index is 12.7. The molecule has 1 aromatic carbocycles. The zero-order chi connectivity index (χ0) is 15.8. The highest BCUT2D eigenvalue weighted by molar-refractivity contribution is 7.89. The van der Waals surface area contributed by atoms with Crippen LogP contribution in [-0.4, -0.2) is 21.0 Å². The van der Waals surface area contributed by atoms with Crippen LogP contribution < -0.4 is 10.5 Å². The van der Waals surface area contributed by atoms with E-state index in [0.29, 0.717) is 6.07 Å². The minimum atomic E-state index is -4.58. The van der Waals surface area contributed by atoms with Crippen molar-refractivity contribution in [2.45, 2.75) is 36.9 Å². The Kier molecular flexibility index (Phi) is 5.88. The molecule has 3 N–H and O–H groups in total. The number of hydrogen-bond acceptors (Lipinski definition) is 3. The molecule has 0 bridgehead atoms. The molecule has 1 aliphatic rings. The van der Waals surface area contributed by atoms with E-state index in [1.54, 1.807) is 0 Å². The third kappa shape index (κ3) is 4.34. The number of alkyl halides is 3. The minimum absolute atomic E-state index is 0. The van der Waals surface area contributed by atoms with Crippen molar-refractivity contribution in [1.82, 2.24) is 4.72 Å². The maximum atomic E-state index is 12.7. The zero-order valence-electron chi connectivity index (χ0n) is 11.9. The number of sulfonamides is 1. The number of halogens is 4. The van der Waals surface area contributed by atoms with Crippen LogP contribution in [0.15, 0.2) is 23.1 Å². The minimum Gasteiger partial charge on any atom is -0.329 e. The fourth-order valence-corrected chi connectivity index (χ4v) is 3.75. The normalized spacial score (nSPS) is 17.0. The summed E-state index contributed by atoms with van der Waals surface area (Å²) in [6, 6.07) is 2.27. The van der Waals surface area contributed by atoms with Crippen LogP contribution in [0.1, 0.15) is 24.0 Å². The predicted molar refractivity (Wildman–Crippen MR) is 79.3 cm³/mol. The van der Waals surface area contributed by atoms with Gasteiger partial charge in [0.05, 0.1) is 10.5 Å². The van der Waals surface area contributed by atoms with Gasteiger partial charge in [0.15, 0.2) is 0 Å². The van der Waals surface area contributed by atoms with Gasteiger partial charge < -0.3 is 5.73 Å². The molecule has 1 atom stereocenters. The number of aryl methyl sites for hydroxylation is 1. The Morgan fingerprint density at radius 2 is 1.95 bits per heavy atom. The van der Waals surface area contributed by atoms with Gasteiger partial charge in [-0.1, -0.05) is 6.07 Å². The summed E-state index contributed by atoms with van der Waals surface area (Å²) in [7, 11) is -4.02. The molecule has 1 fully saturated rings. The van der Waals surface area contributed by atoms with Crippen molar-refractivity contribution >= 4 is 22.4 Å². The van der Waals surface area contributed by atoms with E-state index in [-0.39, 0.29) is 35.3 Å². The van der Waals surface area contributed by atoms with E-state index in [4.69, 9.17) is 5.73 Å². The second-order valence-corrected chi connectivity index (χ2v) is 6.96. The Morgan fingerprint density at radius 1 is 1.36 bits per heavy atom. The Bertz CT molecular complexity index is 631. The molecule has 0 heterocycles. The number of nitrogens with one attached hydrogen (secondary N) is 1. The van der Waals surface area contributed by atoms with Crippen LogP contribution in [0.4, 0.5) is 13.2 Å². The summed E-state index contributed by atoms with van der Waals surface area (Å²) < 4.78 is 65.2. The van der Waals surface area contributed by atoms with Gasteiger partial charge in [-0.2, -0.15) is 13.2 Å². The van der Waals surface area contributed by atoms with Gasteiger partial charge in [-0.05, 0) is 43.4 Å². The van der Waals surface area contributed by atoms with Crippen molar-refractivity contribution in [3.8, 4) is 0 Å². The van der Waals surface area contributed by atoms with Gasteiger partial charge in [0.2, 0.25) is 10.0 Å². The number of benzene rings is 1. The Labute approximate surface area is 133 Å². The van der Waals surface area contributed by atoms with Crippen molar-refractivity contribution in [3.05, 3.63) is 29.3 Å². The topological polar surface area (TPSA) is 72.2 Å². The zero-order valence-corrected chi connectivity index (χ0v) is 13.5. The van der Waals surface area contributed by atoms with Gasteiger partial charge in [0.1, 0.15) is 0 Å². The Hall–Kier alpha value is -0.830. The quantitative estimate of drug-likeness (QED) is 0.849. The Morgan fingerprint density at radius 3 is 2.41 bits per heavy atom. The van der Waals surface area contributed by atoms with Crippen molar-refractivity contribution < 1.29 is 21.6 Å². The molecule has 126 valence electrons. The summed E-state index contributed by atoms with van der Waals surface area (Å²) in [6.07, 6.45) is -2.82. The summed E-state index contributed by atoms with van der Waals surface area (Å²) in [4.78, 5) is -0.351. The van der Waals surface area contributed by atoms with Crippen LogP contribution >= 0.6 is 12.4 Å². The van der Waals surface area contributed by atoms with Crippen LogP contribution in [-0.2, 0) is 16.2 Å². The standard InChI is InChI=1S/C13H17F3N2O2S.ClH/c1-8-2-5-10(13(14,15)16)6-12(8)21(19,20)18-11(7-17)9-3-4-9;/h2,5-6,9,11,18H,3-4,7,17H2,1H3;1H. The lowest BCUT2D eigenvalue weighted by Gasteiger charge is -2.18. The van der Waals surface area contributed by atoms with Gasteiger partial charge in [0.25, 0.3) is 0 Å². The number of rotatable bonds is 5. The lowest BCUT2D eigenvalue weighted by atomic mass is 10.1. The molecule has 0 aliphatic heterocycles. The molecule has 1 aliphatic carbocycles. The second kappa shape index (κ2) is 6.74. The first kappa shape index (κ1) is 19.2. The largest absolute Gasteiger partial charge is 0.416 e. The van der Waals surface area contributed by atoms with Crippen molar-refractivity contribution in [1.29, 1.82) is 0 Å². The van der Waals surface area contributed by atoms with E-state index in [1.807, 2.05) is 0 Å². The van der Waals surface area contributed by atoms with E-state index < -0.39 is 27.8 Å². The van der Waals surface area contributed by atoms with Crippen molar-refractivity contribution in [3.63, 3.8) is 0 Å². The molecule has 0 spiro atoms. The second-order valence-electron chi connectivity index (χ2n) is 5.28. The Balaban J connectivity index is 0.00000242. The van der Waals surface area contributed by atoms with Gasteiger partial charge in [-0.15, -0.1) is 12.4 Å². The summed E-state index contributed by atoms with van der Waals surface area (Å²) in [5, 5.41) is 0. The lowest BCUT2D eigenvalue weighted by molar-refractivity contribution is -0.137. The average Bonchev–Trinajstić information content (AvgIpc) is 3.19. The van der Waals surface area contributed by atoms with Crippen LogP contribution in [0.2, 0.25) is 0 Å². The predicted octanol–water partition coefficient (Wildman–Crippen LogP) is 2.45. The lowest BCUT2D eigenvalue weighted by Crippen LogP contribution is -2.41. The summed E-state index contributed by atoms with van der Waals surface area (Å²) >= 11 is 0. The molecule has 0 amide bonds. The molecule has 4 nitrogen and oxygen atoms in total. The van der Waals surface area contributed by atoms with E-state index in [9.17, 15) is 21.6 Å². The molecule has 1 saturated carbocycles. The van der Waals surface area contributed by atoms with Crippen LogP contribution in [0, 0.1) is 12.8 Å². The molecular formula is C13H18ClF3N2O2S. The van der Waals surface area contributed by atoms with Gasteiger partial charge in [-0.25, -0.2) is 13.1 Å². The molecule has 1 unspecified atom stereocenters. The van der Waals surface area contributed by atoms with Crippen LogP contribution in [0.3, 0.4) is 0 Å². The van der Waals surface area contributed by atoms with Crippen molar-refractivity contribution in [2.75, 3.05) is 6.54 Å². The molecule has 9 heteroatoms. The maximum Gasteiger partial charge on any atom is 0.416 e. The summed E-state index contributed by atoms with van der Waals surface area (Å²) in [5.41, 5.74) is 4.81. The summed E-state index contributed by atoms with van der Waals surface area (Å²) in [5.74, 6) is 0.177. The summed E-state index contributed by atoms with van der Waals surface area (Å²) in [6.45, 7) is 1.59. The smallest absolute Gasteiger partial charge is 0.329 e. The number of nitrogens with two attached hydrogens (primary N) is 1. The molecular weight excluding hydrogens is 341 g/mol. The first-order valence-electron chi connectivity index (χ1n) is 6.55. The fraction of sp³-hybridized carbons (Fsp3) is 0.538. The highest BCUT2D eigenvalue weighted by atomic mass is 35.5. The highest BCUT2D eigenvalue weighted by Crippen LogP contribution is 2.34. The molecule has 0 radical (unpaired) electrons. The van der Waals surface area contributed by atoms with Gasteiger partial charge in [0, 0.05) is 12.6 Å². The SMILES string of the molecule is Cc1ccc(C(F)(F)F)cc1S(=O)(=O)NC(CN)C1CC1.Cl. The molecule has 22 heavy (non-hydrogen) atoms. The molecule has 2 rings (SSSR count).